The lowest BCUT2D eigenvalue weighted by Gasteiger charge is -2.26. The summed E-state index contributed by atoms with van der Waals surface area (Å²) < 4.78 is 11.0. The minimum Gasteiger partial charge on any atom is -0.497 e. The zero-order chi connectivity index (χ0) is 14.2. The lowest BCUT2D eigenvalue weighted by molar-refractivity contribution is 0.00101. The molecule has 20 heavy (non-hydrogen) atoms. The monoisotopic (exact) mass is 271 g/mol. The summed E-state index contributed by atoms with van der Waals surface area (Å²) in [5.74, 6) is 1.42. The van der Waals surface area contributed by atoms with Gasteiger partial charge in [0.1, 0.15) is 23.7 Å². The van der Waals surface area contributed by atoms with Crippen molar-refractivity contribution in [3.8, 4) is 22.6 Å². The van der Waals surface area contributed by atoms with Crippen LogP contribution < -0.4 is 15.2 Å². The zero-order valence-electron chi connectivity index (χ0n) is 11.3. The van der Waals surface area contributed by atoms with E-state index in [4.69, 9.17) is 15.2 Å². The summed E-state index contributed by atoms with van der Waals surface area (Å²) in [4.78, 5) is 0. The van der Waals surface area contributed by atoms with Crippen LogP contribution >= 0.6 is 0 Å². The van der Waals surface area contributed by atoms with Gasteiger partial charge in [0.2, 0.25) is 0 Å². The largest absolute Gasteiger partial charge is 0.497 e. The van der Waals surface area contributed by atoms with E-state index in [9.17, 15) is 5.11 Å². The van der Waals surface area contributed by atoms with E-state index in [0.717, 1.165) is 22.4 Å². The van der Waals surface area contributed by atoms with E-state index in [1.807, 2.05) is 42.5 Å². The summed E-state index contributed by atoms with van der Waals surface area (Å²) in [5.41, 5.74) is 7.25. The quantitative estimate of drug-likeness (QED) is 0.875. The van der Waals surface area contributed by atoms with Crippen LogP contribution in [0.2, 0.25) is 0 Å². The number of hydrogen-bond donors (Lipinski definition) is 2. The lowest BCUT2D eigenvalue weighted by atomic mass is 9.88. The Kier molecular flexibility index (Phi) is 3.12. The summed E-state index contributed by atoms with van der Waals surface area (Å²) >= 11 is 0. The fraction of sp³-hybridized carbons (Fsp3) is 0.250. The summed E-state index contributed by atoms with van der Waals surface area (Å²) in [5, 5.41) is 10.7. The van der Waals surface area contributed by atoms with Crippen molar-refractivity contribution in [1.82, 2.24) is 0 Å². The van der Waals surface area contributed by atoms with E-state index in [1.165, 1.54) is 0 Å². The van der Waals surface area contributed by atoms with Gasteiger partial charge in [0.15, 0.2) is 0 Å². The van der Waals surface area contributed by atoms with E-state index in [0.29, 0.717) is 5.75 Å². The third kappa shape index (κ3) is 1.94. The number of methoxy groups -OCH3 is 1. The lowest BCUT2D eigenvalue weighted by Crippen LogP contribution is -2.40. The van der Waals surface area contributed by atoms with E-state index in [1.54, 1.807) is 7.11 Å². The van der Waals surface area contributed by atoms with Crippen LogP contribution in [0.5, 0.6) is 11.5 Å². The Bertz CT molecular complexity index is 641. The third-order valence-electron chi connectivity index (χ3n) is 3.71. The molecule has 3 N–H and O–H groups in total. The Balaban J connectivity index is 2.23. The molecule has 3 rings (SSSR count). The van der Waals surface area contributed by atoms with Gasteiger partial charge in [0.25, 0.3) is 0 Å². The number of nitrogens with two attached hydrogens (primary N) is 1. The highest BCUT2D eigenvalue weighted by molar-refractivity contribution is 5.76. The van der Waals surface area contributed by atoms with Gasteiger partial charge in [-0.15, -0.1) is 0 Å². The predicted molar refractivity (Wildman–Crippen MR) is 76.9 cm³/mol. The van der Waals surface area contributed by atoms with Gasteiger partial charge >= 0.3 is 0 Å². The molecule has 1 aliphatic heterocycles. The Morgan fingerprint density at radius 2 is 2.05 bits per heavy atom. The smallest absolute Gasteiger partial charge is 0.136 e. The molecule has 104 valence electrons. The maximum Gasteiger partial charge on any atom is 0.136 e. The molecule has 0 saturated heterocycles. The average molecular weight is 271 g/mol. The number of hydrogen-bond acceptors (Lipinski definition) is 4. The maximum atomic E-state index is 10.7. The average Bonchev–Trinajstić information content (AvgIpc) is 2.63. The van der Waals surface area contributed by atoms with Crippen LogP contribution in [-0.4, -0.2) is 25.4 Å². The molecule has 4 nitrogen and oxygen atoms in total. The first-order chi connectivity index (χ1) is 9.68. The van der Waals surface area contributed by atoms with Gasteiger partial charge in [-0.25, -0.2) is 0 Å². The van der Waals surface area contributed by atoms with Crippen LogP contribution in [0.4, 0.5) is 0 Å². The standard InChI is InChI=1S/C16H17NO3/c1-19-11-6-7-13-12-4-2-3-5-14(12)16(18,9-17)10-20-15(13)8-11/h2-8,18H,9-10,17H2,1H3. The Hall–Kier alpha value is -2.04. The first-order valence-corrected chi connectivity index (χ1v) is 6.51. The van der Waals surface area contributed by atoms with E-state index in [-0.39, 0.29) is 13.2 Å². The summed E-state index contributed by atoms with van der Waals surface area (Å²) in [7, 11) is 1.61. The molecule has 0 aromatic heterocycles. The second-order valence-electron chi connectivity index (χ2n) is 4.93. The fourth-order valence-corrected chi connectivity index (χ4v) is 2.54. The van der Waals surface area contributed by atoms with Crippen molar-refractivity contribution >= 4 is 0 Å². The first-order valence-electron chi connectivity index (χ1n) is 6.51. The first kappa shape index (κ1) is 13.0. The molecular weight excluding hydrogens is 254 g/mol. The molecule has 1 atom stereocenters. The van der Waals surface area contributed by atoms with Crippen LogP contribution in [0, 0.1) is 0 Å². The van der Waals surface area contributed by atoms with Crippen LogP contribution in [-0.2, 0) is 5.60 Å². The van der Waals surface area contributed by atoms with Gasteiger partial charge in [0, 0.05) is 18.2 Å². The molecule has 2 aromatic rings. The maximum absolute atomic E-state index is 10.7. The summed E-state index contributed by atoms with van der Waals surface area (Å²) in [6, 6.07) is 13.3. The zero-order valence-corrected chi connectivity index (χ0v) is 11.3. The van der Waals surface area contributed by atoms with Gasteiger partial charge in [-0.1, -0.05) is 24.3 Å². The minimum atomic E-state index is -1.18. The minimum absolute atomic E-state index is 0.106. The van der Waals surface area contributed by atoms with E-state index >= 15 is 0 Å². The van der Waals surface area contributed by atoms with Crippen molar-refractivity contribution in [3.05, 3.63) is 48.0 Å². The van der Waals surface area contributed by atoms with Crippen molar-refractivity contribution in [3.63, 3.8) is 0 Å². The van der Waals surface area contributed by atoms with Crippen molar-refractivity contribution in [2.45, 2.75) is 5.60 Å². The van der Waals surface area contributed by atoms with Crippen LogP contribution in [0.3, 0.4) is 0 Å². The Labute approximate surface area is 117 Å². The molecule has 0 radical (unpaired) electrons. The van der Waals surface area contributed by atoms with Gasteiger partial charge in [-0.05, 0) is 23.3 Å². The van der Waals surface area contributed by atoms with Gasteiger partial charge < -0.3 is 20.3 Å². The Morgan fingerprint density at radius 1 is 1.25 bits per heavy atom. The number of aliphatic hydroxyl groups is 1. The molecule has 0 bridgehead atoms. The third-order valence-corrected chi connectivity index (χ3v) is 3.71. The van der Waals surface area contributed by atoms with Crippen molar-refractivity contribution in [2.75, 3.05) is 20.3 Å². The summed E-state index contributed by atoms with van der Waals surface area (Å²) in [6.07, 6.45) is 0. The molecule has 4 heteroatoms. The number of fused-ring (bicyclic) bond motifs is 3. The molecule has 1 aliphatic rings. The molecule has 0 spiro atoms. The highest BCUT2D eigenvalue weighted by Gasteiger charge is 2.34. The van der Waals surface area contributed by atoms with Crippen molar-refractivity contribution in [2.24, 2.45) is 5.73 Å². The Morgan fingerprint density at radius 3 is 2.80 bits per heavy atom. The highest BCUT2D eigenvalue weighted by Crippen LogP contribution is 2.41. The molecular formula is C16H17NO3. The molecule has 0 fully saturated rings. The van der Waals surface area contributed by atoms with E-state index < -0.39 is 5.60 Å². The second-order valence-corrected chi connectivity index (χ2v) is 4.93. The number of rotatable bonds is 2. The summed E-state index contributed by atoms with van der Waals surface area (Å²) in [6.45, 7) is 0.232. The molecule has 0 aliphatic carbocycles. The van der Waals surface area contributed by atoms with Gasteiger partial charge in [-0.3, -0.25) is 0 Å². The van der Waals surface area contributed by atoms with Crippen LogP contribution in [0.1, 0.15) is 5.56 Å². The molecule has 0 saturated carbocycles. The molecule has 0 amide bonds. The SMILES string of the molecule is COc1ccc2c(c1)OCC(O)(CN)c1ccccc1-2. The fourth-order valence-electron chi connectivity index (χ4n) is 2.54. The number of ether oxygens (including phenoxy) is 2. The van der Waals surface area contributed by atoms with Gasteiger partial charge in [0.05, 0.1) is 7.11 Å². The van der Waals surface area contributed by atoms with Crippen molar-refractivity contribution in [1.29, 1.82) is 0 Å². The van der Waals surface area contributed by atoms with Crippen molar-refractivity contribution < 1.29 is 14.6 Å². The van der Waals surface area contributed by atoms with Crippen LogP contribution in [0.25, 0.3) is 11.1 Å². The molecule has 1 heterocycles. The van der Waals surface area contributed by atoms with Crippen LogP contribution in [0.15, 0.2) is 42.5 Å². The van der Waals surface area contributed by atoms with E-state index in [2.05, 4.69) is 0 Å². The molecule has 1 unspecified atom stereocenters. The predicted octanol–water partition coefficient (Wildman–Crippen LogP) is 1.90. The molecule has 2 aromatic carbocycles. The highest BCUT2D eigenvalue weighted by atomic mass is 16.5. The second kappa shape index (κ2) is 4.81. The van der Waals surface area contributed by atoms with Gasteiger partial charge in [-0.2, -0.15) is 0 Å². The topological polar surface area (TPSA) is 64.7 Å². The number of benzene rings is 2. The normalized spacial score (nSPS) is 20.4.